The van der Waals surface area contributed by atoms with Gasteiger partial charge in [0.25, 0.3) is 5.91 Å². The number of aliphatic hydroxyl groups excluding tert-OH is 1. The van der Waals surface area contributed by atoms with E-state index in [1.807, 2.05) is 28.9 Å². The zero-order valence-corrected chi connectivity index (χ0v) is 14.7. The molecule has 1 aromatic heterocycles. The van der Waals surface area contributed by atoms with Crippen molar-refractivity contribution in [3.8, 4) is 0 Å². The summed E-state index contributed by atoms with van der Waals surface area (Å²) < 4.78 is 7.23. The van der Waals surface area contributed by atoms with Crippen LogP contribution in [0.25, 0.3) is 10.9 Å². The number of hydrogen-bond donors (Lipinski definition) is 3. The molecular formula is C18H24N4O4. The van der Waals surface area contributed by atoms with Gasteiger partial charge in [0.2, 0.25) is 5.91 Å². The summed E-state index contributed by atoms with van der Waals surface area (Å²) in [5, 5.41) is 17.3. The summed E-state index contributed by atoms with van der Waals surface area (Å²) in [7, 11) is 0. The van der Waals surface area contributed by atoms with E-state index in [1.54, 1.807) is 0 Å². The van der Waals surface area contributed by atoms with E-state index in [0.29, 0.717) is 17.8 Å². The van der Waals surface area contributed by atoms with Gasteiger partial charge in [-0.15, -0.1) is 0 Å². The van der Waals surface area contributed by atoms with Crippen LogP contribution in [0.1, 0.15) is 30.3 Å². The van der Waals surface area contributed by atoms with Crippen LogP contribution in [0.15, 0.2) is 24.3 Å². The molecule has 2 heterocycles. The minimum Gasteiger partial charge on any atom is -0.391 e. The molecule has 1 aromatic carbocycles. The van der Waals surface area contributed by atoms with E-state index in [9.17, 15) is 14.7 Å². The van der Waals surface area contributed by atoms with Gasteiger partial charge in [0.15, 0.2) is 5.69 Å². The van der Waals surface area contributed by atoms with Crippen molar-refractivity contribution < 1.29 is 19.4 Å². The van der Waals surface area contributed by atoms with Gasteiger partial charge in [-0.2, -0.15) is 5.10 Å². The molecule has 1 saturated heterocycles. The smallest absolute Gasteiger partial charge is 0.273 e. The average molecular weight is 360 g/mol. The molecule has 4 N–H and O–H groups in total. The van der Waals surface area contributed by atoms with Crippen LogP contribution >= 0.6 is 0 Å². The van der Waals surface area contributed by atoms with E-state index in [0.717, 1.165) is 31.6 Å². The molecule has 26 heavy (non-hydrogen) atoms. The van der Waals surface area contributed by atoms with E-state index >= 15 is 0 Å². The van der Waals surface area contributed by atoms with Gasteiger partial charge in [-0.3, -0.25) is 14.3 Å². The second kappa shape index (κ2) is 7.84. The molecule has 2 aromatic rings. The van der Waals surface area contributed by atoms with E-state index in [-0.39, 0.29) is 5.69 Å². The van der Waals surface area contributed by atoms with E-state index < -0.39 is 24.0 Å². The zero-order valence-electron chi connectivity index (χ0n) is 14.7. The summed E-state index contributed by atoms with van der Waals surface area (Å²) in [6.07, 6.45) is 0.829. The highest BCUT2D eigenvalue weighted by atomic mass is 16.5. The summed E-state index contributed by atoms with van der Waals surface area (Å²) in [6.45, 7) is 3.59. The summed E-state index contributed by atoms with van der Waals surface area (Å²) in [6, 6.07) is 6.30. The lowest BCUT2D eigenvalue weighted by molar-refractivity contribution is -0.122. The Morgan fingerprint density at radius 1 is 1.38 bits per heavy atom. The molecule has 1 aliphatic heterocycles. The number of ether oxygens (including phenoxy) is 1. The number of nitrogens with one attached hydrogen (secondary N) is 1. The van der Waals surface area contributed by atoms with Crippen LogP contribution in [0.2, 0.25) is 0 Å². The Hall–Kier alpha value is -2.45. The fourth-order valence-electron chi connectivity index (χ4n) is 3.25. The molecule has 0 spiro atoms. The number of rotatable bonds is 6. The van der Waals surface area contributed by atoms with Crippen molar-refractivity contribution in [3.63, 3.8) is 0 Å². The zero-order chi connectivity index (χ0) is 18.7. The van der Waals surface area contributed by atoms with E-state index in [4.69, 9.17) is 10.5 Å². The molecule has 0 aliphatic carbocycles. The number of carbonyl (C=O) groups excluding carboxylic acids is 2. The largest absolute Gasteiger partial charge is 0.391 e. The molecule has 2 amide bonds. The number of nitrogens with zero attached hydrogens (tertiary/aromatic N) is 2. The number of fused-ring (bicyclic) bond motifs is 1. The van der Waals surface area contributed by atoms with Gasteiger partial charge in [0.1, 0.15) is 6.04 Å². The maximum Gasteiger partial charge on any atom is 0.273 e. The van der Waals surface area contributed by atoms with Crippen LogP contribution in [0.5, 0.6) is 0 Å². The van der Waals surface area contributed by atoms with E-state index in [1.165, 1.54) is 6.92 Å². The van der Waals surface area contributed by atoms with Gasteiger partial charge in [-0.1, -0.05) is 18.2 Å². The van der Waals surface area contributed by atoms with Gasteiger partial charge in [-0.05, 0) is 31.7 Å². The number of nitrogens with two attached hydrogens (primary N) is 1. The van der Waals surface area contributed by atoms with Gasteiger partial charge in [0, 0.05) is 25.1 Å². The quantitative estimate of drug-likeness (QED) is 0.690. The third-order valence-electron chi connectivity index (χ3n) is 4.72. The summed E-state index contributed by atoms with van der Waals surface area (Å²) >= 11 is 0. The van der Waals surface area contributed by atoms with Gasteiger partial charge >= 0.3 is 0 Å². The van der Waals surface area contributed by atoms with E-state index in [2.05, 4.69) is 10.4 Å². The first-order valence-electron chi connectivity index (χ1n) is 8.79. The number of benzene rings is 1. The highest BCUT2D eigenvalue weighted by Crippen LogP contribution is 2.23. The Morgan fingerprint density at radius 3 is 2.73 bits per heavy atom. The lowest BCUT2D eigenvalue weighted by Gasteiger charge is -2.22. The van der Waals surface area contributed by atoms with Gasteiger partial charge < -0.3 is 20.9 Å². The molecule has 1 aliphatic rings. The number of amides is 2. The number of para-hydroxylation sites is 1. The molecule has 8 heteroatoms. The fraction of sp³-hybridized carbons (Fsp3) is 0.500. The minimum absolute atomic E-state index is 0.222. The maximum absolute atomic E-state index is 12.7. The van der Waals surface area contributed by atoms with Crippen molar-refractivity contribution >= 4 is 22.7 Å². The monoisotopic (exact) mass is 360 g/mol. The fourth-order valence-corrected chi connectivity index (χ4v) is 3.25. The Morgan fingerprint density at radius 2 is 2.08 bits per heavy atom. The van der Waals surface area contributed by atoms with Crippen molar-refractivity contribution in [3.05, 3.63) is 30.0 Å². The highest BCUT2D eigenvalue weighted by Gasteiger charge is 2.27. The summed E-state index contributed by atoms with van der Waals surface area (Å²) in [5.74, 6) is -0.880. The van der Waals surface area contributed by atoms with Crippen molar-refractivity contribution in [2.75, 3.05) is 13.2 Å². The van der Waals surface area contributed by atoms with Crippen molar-refractivity contribution in [2.45, 2.75) is 38.5 Å². The topological polar surface area (TPSA) is 119 Å². The van der Waals surface area contributed by atoms with Crippen molar-refractivity contribution in [1.82, 2.24) is 15.1 Å². The van der Waals surface area contributed by atoms with Crippen LogP contribution < -0.4 is 11.1 Å². The first-order valence-corrected chi connectivity index (χ1v) is 8.79. The van der Waals surface area contributed by atoms with Crippen LogP contribution in [-0.4, -0.2) is 52.1 Å². The summed E-state index contributed by atoms with van der Waals surface area (Å²) in [4.78, 5) is 24.1. The third-order valence-corrected chi connectivity index (χ3v) is 4.72. The molecule has 1 fully saturated rings. The lowest BCUT2D eigenvalue weighted by atomic mass is 10.0. The molecule has 0 radical (unpaired) electrons. The Bertz CT molecular complexity index is 796. The molecular weight excluding hydrogens is 336 g/mol. The number of carbonyl (C=O) groups is 2. The van der Waals surface area contributed by atoms with Gasteiger partial charge in [-0.25, -0.2) is 0 Å². The predicted octanol–water partition coefficient (Wildman–Crippen LogP) is 0.427. The molecule has 0 bridgehead atoms. The van der Waals surface area contributed by atoms with Crippen LogP contribution in [0, 0.1) is 5.92 Å². The first-order chi connectivity index (χ1) is 12.5. The second-order valence-electron chi connectivity index (χ2n) is 6.70. The van der Waals surface area contributed by atoms with Crippen LogP contribution in [0.3, 0.4) is 0 Å². The molecule has 1 unspecified atom stereocenters. The number of aromatic nitrogens is 2. The third kappa shape index (κ3) is 3.86. The number of primary amides is 1. The van der Waals surface area contributed by atoms with Crippen LogP contribution in [0.4, 0.5) is 0 Å². The Balaban J connectivity index is 1.88. The van der Waals surface area contributed by atoms with Crippen LogP contribution in [-0.2, 0) is 16.1 Å². The second-order valence-corrected chi connectivity index (χ2v) is 6.70. The average Bonchev–Trinajstić information content (AvgIpc) is 2.99. The number of aliphatic hydroxyl groups is 1. The minimum atomic E-state index is -1.16. The normalized spacial score (nSPS) is 17.8. The number of hydrogen-bond acceptors (Lipinski definition) is 5. The lowest BCUT2D eigenvalue weighted by Crippen LogP contribution is -2.50. The molecule has 3 rings (SSSR count). The highest BCUT2D eigenvalue weighted by molar-refractivity contribution is 6.06. The Kier molecular flexibility index (Phi) is 5.53. The molecule has 0 saturated carbocycles. The van der Waals surface area contributed by atoms with Gasteiger partial charge in [0.05, 0.1) is 11.6 Å². The van der Waals surface area contributed by atoms with Crippen molar-refractivity contribution in [2.24, 2.45) is 11.7 Å². The summed E-state index contributed by atoms with van der Waals surface area (Å²) in [5.41, 5.74) is 6.33. The maximum atomic E-state index is 12.7. The SMILES string of the molecule is CC(O)[C@H](NC(=O)c1nn(CC2CCOCC2)c2ccccc12)C(N)=O. The predicted molar refractivity (Wildman–Crippen MR) is 95.4 cm³/mol. The molecule has 8 nitrogen and oxygen atoms in total. The Labute approximate surface area is 151 Å². The van der Waals surface area contributed by atoms with Crippen molar-refractivity contribution in [1.29, 1.82) is 0 Å². The first kappa shape index (κ1) is 18.3. The molecule has 2 atom stereocenters. The molecule has 140 valence electrons. The standard InChI is InChI=1S/C18H24N4O4/c1-11(23)15(17(19)24)20-18(25)16-13-4-2-3-5-14(13)22(21-16)10-12-6-8-26-9-7-12/h2-5,11-12,15,23H,6-10H2,1H3,(H2,19,24)(H,20,25)/t11?,15-/m0/s1.